The number of hydrogen-bond donors (Lipinski definition) is 1. The summed E-state index contributed by atoms with van der Waals surface area (Å²) in [6.45, 7) is 11.0. The largest absolute Gasteiger partial charge is 0.396 e. The Balaban J connectivity index is 0.953. The Kier molecular flexibility index (Phi) is 8.10. The predicted molar refractivity (Wildman–Crippen MR) is 172 cm³/mol. The van der Waals surface area contributed by atoms with E-state index in [1.165, 1.54) is 0 Å². The molecule has 8 unspecified atom stereocenters. The van der Waals surface area contributed by atoms with Crippen molar-refractivity contribution in [2.24, 2.45) is 28.1 Å². The number of aliphatic hydroxyl groups is 1. The first-order valence-corrected chi connectivity index (χ1v) is 19.0. The summed E-state index contributed by atoms with van der Waals surface area (Å²) in [5, 5.41) is 10.9. The van der Waals surface area contributed by atoms with Crippen LogP contribution in [0.25, 0.3) is 0 Å². The molecule has 10 fully saturated rings. The van der Waals surface area contributed by atoms with E-state index < -0.39 is 39.2 Å². The first-order valence-electron chi connectivity index (χ1n) is 19.0. The fourth-order valence-electron chi connectivity index (χ4n) is 12.2. The molecule has 7 nitrogen and oxygen atoms in total. The van der Waals surface area contributed by atoms with E-state index in [-0.39, 0.29) is 29.3 Å². The Morgan fingerprint density at radius 1 is 0.596 bits per heavy atom. The van der Waals surface area contributed by atoms with E-state index in [1.807, 2.05) is 0 Å². The maximum atomic E-state index is 16.5. The molecule has 9 heteroatoms. The molecule has 268 valence electrons. The highest BCUT2D eigenvalue weighted by Crippen LogP contribution is 2.65. The van der Waals surface area contributed by atoms with Gasteiger partial charge in [-0.15, -0.1) is 0 Å². The molecule has 0 spiro atoms. The van der Waals surface area contributed by atoms with Crippen molar-refractivity contribution >= 4 is 0 Å². The zero-order valence-electron chi connectivity index (χ0n) is 29.3. The third kappa shape index (κ3) is 5.86. The van der Waals surface area contributed by atoms with Crippen LogP contribution in [0.3, 0.4) is 0 Å². The van der Waals surface area contributed by atoms with Crippen molar-refractivity contribution in [2.45, 2.75) is 151 Å². The van der Waals surface area contributed by atoms with Crippen LogP contribution in [0, 0.1) is 28.1 Å². The number of aliphatic hydroxyl groups excluding tert-OH is 1. The fourth-order valence-corrected chi connectivity index (χ4v) is 12.2. The van der Waals surface area contributed by atoms with Gasteiger partial charge in [0, 0.05) is 54.8 Å². The minimum atomic E-state index is -1.27. The molecule has 8 aliphatic carbocycles. The van der Waals surface area contributed by atoms with E-state index in [2.05, 4.69) is 20.8 Å². The summed E-state index contributed by atoms with van der Waals surface area (Å²) >= 11 is 0. The molecule has 0 radical (unpaired) electrons. The van der Waals surface area contributed by atoms with Crippen molar-refractivity contribution in [1.82, 2.24) is 0 Å². The smallest absolute Gasteiger partial charge is 0.116 e. The van der Waals surface area contributed by atoms with Gasteiger partial charge in [0.2, 0.25) is 0 Å². The lowest BCUT2D eigenvalue weighted by Crippen LogP contribution is -2.67. The summed E-state index contributed by atoms with van der Waals surface area (Å²) in [4.78, 5) is 0. The maximum absolute atomic E-state index is 16.5. The van der Waals surface area contributed by atoms with Crippen LogP contribution in [0.5, 0.6) is 0 Å². The topological polar surface area (TPSA) is 75.6 Å². The van der Waals surface area contributed by atoms with Gasteiger partial charge in [-0.25, -0.2) is 8.78 Å². The Bertz CT molecular complexity index is 1090. The van der Waals surface area contributed by atoms with E-state index in [9.17, 15) is 5.11 Å². The predicted octanol–water partition coefficient (Wildman–Crippen LogP) is 6.66. The number of halogens is 2. The van der Waals surface area contributed by atoms with E-state index in [4.69, 9.17) is 28.4 Å². The van der Waals surface area contributed by atoms with E-state index in [0.717, 1.165) is 38.5 Å². The summed E-state index contributed by atoms with van der Waals surface area (Å²) < 4.78 is 71.3. The summed E-state index contributed by atoms with van der Waals surface area (Å²) in [5.41, 5.74) is -5.28. The van der Waals surface area contributed by atoms with Gasteiger partial charge in [0.05, 0.1) is 81.9 Å². The number of ether oxygens (including phenoxy) is 6. The van der Waals surface area contributed by atoms with Crippen LogP contribution >= 0.6 is 0 Å². The van der Waals surface area contributed by atoms with Crippen LogP contribution in [0.2, 0.25) is 0 Å². The molecule has 47 heavy (non-hydrogen) atoms. The normalized spacial score (nSPS) is 47.9. The Morgan fingerprint density at radius 2 is 0.979 bits per heavy atom. The molecule has 10 rings (SSSR count). The number of hydrogen-bond acceptors (Lipinski definition) is 7. The molecule has 8 bridgehead atoms. The van der Waals surface area contributed by atoms with Crippen LogP contribution in [-0.4, -0.2) is 98.3 Å². The summed E-state index contributed by atoms with van der Waals surface area (Å²) in [6.07, 6.45) is 10.4. The Hall–Kier alpha value is -0.420. The molecule has 1 N–H and O–H groups in total. The van der Waals surface area contributed by atoms with E-state index in [1.54, 1.807) is 0 Å². The van der Waals surface area contributed by atoms with Gasteiger partial charge in [-0.2, -0.15) is 0 Å². The van der Waals surface area contributed by atoms with Crippen molar-refractivity contribution in [3.63, 3.8) is 0 Å². The third-order valence-electron chi connectivity index (χ3n) is 14.8. The van der Waals surface area contributed by atoms with Crippen molar-refractivity contribution in [2.75, 3.05) is 59.5 Å². The van der Waals surface area contributed by atoms with Crippen LogP contribution in [0.15, 0.2) is 0 Å². The monoisotopic (exact) mass is 666 g/mol. The molecule has 0 aromatic carbocycles. The summed E-state index contributed by atoms with van der Waals surface area (Å²) in [7, 11) is 0. The highest BCUT2D eigenvalue weighted by molar-refractivity contribution is 5.19. The molecule has 0 amide bonds. The van der Waals surface area contributed by atoms with E-state index in [0.29, 0.717) is 111 Å². The minimum absolute atomic E-state index is 0.0501. The van der Waals surface area contributed by atoms with Crippen molar-refractivity contribution in [1.29, 1.82) is 0 Å². The molecule has 10 aliphatic rings. The van der Waals surface area contributed by atoms with Gasteiger partial charge in [0.15, 0.2) is 0 Å². The standard InChI is InChI=1S/C38H60F2O7/c1-4-30(19-41,24-44-35-9-28-7-33(39,13-35)15-37(11-28,17-35)46-26-31(5-2)20-42-21-31)25-45-36-10-29-8-34(40,14-36)16-38(12-29,18-36)47-27-32(6-3)22-43-23-32/h28-29,41H,4-27H2,1-3H3. The lowest BCUT2D eigenvalue weighted by molar-refractivity contribution is -0.294. The lowest BCUT2D eigenvalue weighted by atomic mass is 9.50. The fraction of sp³-hybridized carbons (Fsp3) is 1.00. The zero-order valence-corrected chi connectivity index (χ0v) is 29.3. The average Bonchev–Trinajstić information content (AvgIpc) is 2.94. The molecule has 0 aromatic heterocycles. The third-order valence-corrected chi connectivity index (χ3v) is 14.8. The van der Waals surface area contributed by atoms with Crippen LogP contribution in [0.4, 0.5) is 8.78 Å². The molecule has 0 aromatic rings. The van der Waals surface area contributed by atoms with Crippen LogP contribution in [-0.2, 0) is 28.4 Å². The molecule has 8 saturated carbocycles. The zero-order chi connectivity index (χ0) is 32.9. The highest BCUT2D eigenvalue weighted by atomic mass is 19.1. The molecule has 2 heterocycles. The van der Waals surface area contributed by atoms with Gasteiger partial charge >= 0.3 is 0 Å². The Morgan fingerprint density at radius 3 is 1.26 bits per heavy atom. The second-order valence-corrected chi connectivity index (χ2v) is 18.9. The van der Waals surface area contributed by atoms with Gasteiger partial charge in [0.25, 0.3) is 0 Å². The molecule has 8 atom stereocenters. The number of alkyl halides is 2. The van der Waals surface area contributed by atoms with Crippen molar-refractivity contribution < 1.29 is 42.3 Å². The van der Waals surface area contributed by atoms with Crippen LogP contribution in [0.1, 0.15) is 117 Å². The quantitative estimate of drug-likeness (QED) is 0.198. The van der Waals surface area contributed by atoms with Gasteiger partial charge in [-0.3, -0.25) is 0 Å². The van der Waals surface area contributed by atoms with E-state index >= 15 is 8.78 Å². The maximum Gasteiger partial charge on any atom is 0.116 e. The van der Waals surface area contributed by atoms with Gasteiger partial charge in [-0.1, -0.05) is 20.8 Å². The second-order valence-electron chi connectivity index (χ2n) is 18.9. The van der Waals surface area contributed by atoms with Crippen molar-refractivity contribution in [3.8, 4) is 0 Å². The number of rotatable bonds is 16. The summed E-state index contributed by atoms with van der Waals surface area (Å²) in [5.74, 6) is 0.491. The second kappa shape index (κ2) is 11.3. The molecule has 2 saturated heterocycles. The van der Waals surface area contributed by atoms with Gasteiger partial charge < -0.3 is 33.5 Å². The van der Waals surface area contributed by atoms with Crippen LogP contribution < -0.4 is 0 Å². The van der Waals surface area contributed by atoms with Gasteiger partial charge in [-0.05, 0) is 69.6 Å². The van der Waals surface area contributed by atoms with Gasteiger partial charge in [0.1, 0.15) is 11.3 Å². The molecular formula is C38H60F2O7. The SMILES string of the molecule is CCC1(COC23CC4CC(F)(C2)CC(OCC(CC)(CO)COC25CC6CC(F)(CC(OCC7(CC)COC7)(C6)C2)C5)(C4)C3)COC1. The first-order chi connectivity index (χ1) is 22.3. The summed E-state index contributed by atoms with van der Waals surface area (Å²) in [6, 6.07) is 0. The lowest BCUT2D eigenvalue weighted by Gasteiger charge is -2.64. The first kappa shape index (κ1) is 33.7. The molecular weight excluding hydrogens is 606 g/mol. The Labute approximate surface area is 280 Å². The average molecular weight is 667 g/mol. The minimum Gasteiger partial charge on any atom is -0.396 e. The molecule has 2 aliphatic heterocycles. The highest BCUT2D eigenvalue weighted by Gasteiger charge is 2.68. The van der Waals surface area contributed by atoms with Crippen molar-refractivity contribution in [3.05, 3.63) is 0 Å².